The number of hydrogen-bond acceptors (Lipinski definition) is 2. The quantitative estimate of drug-likeness (QED) is 0.639. The van der Waals surface area contributed by atoms with Gasteiger partial charge in [0.1, 0.15) is 0 Å². The number of nitrogens with one attached hydrogen (secondary N) is 2. The minimum Gasteiger partial charge on any atom is -0.345 e. The zero-order chi connectivity index (χ0) is 21.0. The number of hydrogen-bond donors (Lipinski definition) is 2. The molecule has 2 amide bonds. The first-order chi connectivity index (χ1) is 13.8. The van der Waals surface area contributed by atoms with Crippen molar-refractivity contribution in [2.75, 3.05) is 5.32 Å². The van der Waals surface area contributed by atoms with E-state index in [9.17, 15) is 18.4 Å². The van der Waals surface area contributed by atoms with Crippen LogP contribution in [0.5, 0.6) is 0 Å². The molecule has 0 saturated heterocycles. The Kier molecular flexibility index (Phi) is 6.02. The summed E-state index contributed by atoms with van der Waals surface area (Å²) < 4.78 is 26.6. The fourth-order valence-electron chi connectivity index (χ4n) is 2.91. The maximum Gasteiger partial charge on any atom is 0.255 e. The van der Waals surface area contributed by atoms with Crippen LogP contribution in [0.4, 0.5) is 14.5 Å². The van der Waals surface area contributed by atoms with Crippen molar-refractivity contribution in [1.82, 2.24) is 5.32 Å². The molecular weight excluding hydrogens is 374 g/mol. The summed E-state index contributed by atoms with van der Waals surface area (Å²) in [6.45, 7) is 3.55. The van der Waals surface area contributed by atoms with Crippen LogP contribution in [0, 0.1) is 18.6 Å². The third kappa shape index (κ3) is 4.85. The Labute approximate surface area is 167 Å². The number of benzene rings is 3. The van der Waals surface area contributed by atoms with E-state index < -0.39 is 23.6 Å². The van der Waals surface area contributed by atoms with Crippen LogP contribution in [-0.4, -0.2) is 11.8 Å². The maximum atomic E-state index is 13.5. The predicted octanol–water partition coefficient (Wildman–Crippen LogP) is 5.02. The van der Waals surface area contributed by atoms with E-state index in [1.165, 1.54) is 6.07 Å². The van der Waals surface area contributed by atoms with Crippen LogP contribution in [-0.2, 0) is 0 Å². The van der Waals surface area contributed by atoms with Gasteiger partial charge in [0.05, 0.1) is 17.3 Å². The van der Waals surface area contributed by atoms with Gasteiger partial charge in [-0.1, -0.05) is 35.9 Å². The van der Waals surface area contributed by atoms with Gasteiger partial charge in [-0.3, -0.25) is 9.59 Å². The summed E-state index contributed by atoms with van der Waals surface area (Å²) in [5.74, 6) is -2.70. The minimum absolute atomic E-state index is 0.267. The summed E-state index contributed by atoms with van der Waals surface area (Å²) >= 11 is 0. The van der Waals surface area contributed by atoms with E-state index in [4.69, 9.17) is 0 Å². The van der Waals surface area contributed by atoms with Gasteiger partial charge in [-0.2, -0.15) is 0 Å². The van der Waals surface area contributed by atoms with E-state index in [1.807, 2.05) is 13.0 Å². The average Bonchev–Trinajstić information content (AvgIpc) is 2.70. The highest BCUT2D eigenvalue weighted by Crippen LogP contribution is 2.20. The summed E-state index contributed by atoms with van der Waals surface area (Å²) in [5.41, 5.74) is 2.48. The molecule has 3 rings (SSSR count). The van der Waals surface area contributed by atoms with Crippen molar-refractivity contribution in [1.29, 1.82) is 0 Å². The molecule has 6 heteroatoms. The van der Waals surface area contributed by atoms with Crippen LogP contribution >= 0.6 is 0 Å². The highest BCUT2D eigenvalue weighted by Gasteiger charge is 2.17. The van der Waals surface area contributed by atoms with Gasteiger partial charge in [0.15, 0.2) is 11.6 Å². The Morgan fingerprint density at radius 2 is 1.62 bits per heavy atom. The number of anilines is 1. The van der Waals surface area contributed by atoms with Crippen molar-refractivity contribution in [2.24, 2.45) is 0 Å². The minimum atomic E-state index is -0.977. The van der Waals surface area contributed by atoms with Crippen LogP contribution < -0.4 is 10.6 Å². The number of amides is 2. The Morgan fingerprint density at radius 3 is 2.34 bits per heavy atom. The van der Waals surface area contributed by atoms with Gasteiger partial charge in [-0.25, -0.2) is 8.78 Å². The lowest BCUT2D eigenvalue weighted by Crippen LogP contribution is -2.28. The Balaban J connectivity index is 1.77. The molecule has 0 heterocycles. The van der Waals surface area contributed by atoms with Gasteiger partial charge in [-0.05, 0) is 55.8 Å². The summed E-state index contributed by atoms with van der Waals surface area (Å²) in [7, 11) is 0. The van der Waals surface area contributed by atoms with E-state index in [2.05, 4.69) is 10.6 Å². The van der Waals surface area contributed by atoms with Crippen molar-refractivity contribution in [3.8, 4) is 0 Å². The van der Waals surface area contributed by atoms with Crippen molar-refractivity contribution < 1.29 is 18.4 Å². The zero-order valence-corrected chi connectivity index (χ0v) is 16.0. The number of aryl methyl sites for hydroxylation is 1. The molecule has 0 aromatic heterocycles. The number of rotatable bonds is 5. The van der Waals surface area contributed by atoms with Gasteiger partial charge < -0.3 is 10.6 Å². The Hall–Kier alpha value is -3.54. The standard InChI is InChI=1S/C23H20F2N2O2/c1-14-6-5-7-17(12-14)22(28)27-21-9-4-3-8-18(21)23(29)26-15(2)16-10-11-19(24)20(25)13-16/h3-13,15H,1-2H3,(H,26,29)(H,27,28). The molecule has 0 bridgehead atoms. The molecule has 29 heavy (non-hydrogen) atoms. The van der Waals surface area contributed by atoms with E-state index in [-0.39, 0.29) is 11.5 Å². The van der Waals surface area contributed by atoms with Gasteiger partial charge in [0, 0.05) is 5.56 Å². The van der Waals surface area contributed by atoms with Crippen LogP contribution in [0.25, 0.3) is 0 Å². The van der Waals surface area contributed by atoms with Gasteiger partial charge in [0.2, 0.25) is 0 Å². The first kappa shape index (κ1) is 20.2. The largest absolute Gasteiger partial charge is 0.345 e. The van der Waals surface area contributed by atoms with E-state index in [0.29, 0.717) is 16.8 Å². The van der Waals surface area contributed by atoms with E-state index >= 15 is 0 Å². The molecular formula is C23H20F2N2O2. The summed E-state index contributed by atoms with van der Waals surface area (Å²) in [6, 6.07) is 16.6. The first-order valence-corrected chi connectivity index (χ1v) is 9.08. The zero-order valence-electron chi connectivity index (χ0n) is 16.0. The topological polar surface area (TPSA) is 58.2 Å². The maximum absolute atomic E-state index is 13.5. The molecule has 3 aromatic rings. The molecule has 0 aliphatic rings. The fourth-order valence-corrected chi connectivity index (χ4v) is 2.91. The third-order valence-corrected chi connectivity index (χ3v) is 4.49. The molecule has 2 N–H and O–H groups in total. The molecule has 148 valence electrons. The van der Waals surface area contributed by atoms with Crippen LogP contribution in [0.1, 0.15) is 44.8 Å². The van der Waals surface area contributed by atoms with Crippen molar-refractivity contribution in [2.45, 2.75) is 19.9 Å². The normalized spacial score (nSPS) is 11.6. The molecule has 4 nitrogen and oxygen atoms in total. The average molecular weight is 394 g/mol. The smallest absolute Gasteiger partial charge is 0.255 e. The van der Waals surface area contributed by atoms with Gasteiger partial charge in [0.25, 0.3) is 11.8 Å². The number of carbonyl (C=O) groups is 2. The molecule has 0 radical (unpaired) electrons. The van der Waals surface area contributed by atoms with Crippen LogP contribution in [0.15, 0.2) is 66.7 Å². The van der Waals surface area contributed by atoms with E-state index in [0.717, 1.165) is 17.7 Å². The first-order valence-electron chi connectivity index (χ1n) is 9.08. The second-order valence-corrected chi connectivity index (χ2v) is 6.74. The third-order valence-electron chi connectivity index (χ3n) is 4.49. The molecule has 0 saturated carbocycles. The van der Waals surface area contributed by atoms with Crippen LogP contribution in [0.2, 0.25) is 0 Å². The summed E-state index contributed by atoms with van der Waals surface area (Å²) in [6.07, 6.45) is 0. The van der Waals surface area contributed by atoms with Crippen LogP contribution in [0.3, 0.4) is 0 Å². The molecule has 0 spiro atoms. The van der Waals surface area contributed by atoms with Crippen molar-refractivity contribution in [3.05, 3.63) is 101 Å². The van der Waals surface area contributed by atoms with Crippen molar-refractivity contribution >= 4 is 17.5 Å². The molecule has 1 unspecified atom stereocenters. The molecule has 1 atom stereocenters. The lowest BCUT2D eigenvalue weighted by atomic mass is 10.1. The molecule has 0 aliphatic heterocycles. The summed E-state index contributed by atoms with van der Waals surface area (Å²) in [5, 5.41) is 5.50. The van der Waals surface area contributed by atoms with Gasteiger partial charge >= 0.3 is 0 Å². The Morgan fingerprint density at radius 1 is 0.862 bits per heavy atom. The number of para-hydroxylation sites is 1. The Bertz CT molecular complexity index is 1070. The molecule has 3 aromatic carbocycles. The molecule has 0 fully saturated rings. The van der Waals surface area contributed by atoms with Crippen molar-refractivity contribution in [3.63, 3.8) is 0 Å². The molecule has 0 aliphatic carbocycles. The lowest BCUT2D eigenvalue weighted by molar-refractivity contribution is 0.0940. The highest BCUT2D eigenvalue weighted by atomic mass is 19.2. The van der Waals surface area contributed by atoms with E-state index in [1.54, 1.807) is 49.4 Å². The monoisotopic (exact) mass is 394 g/mol. The highest BCUT2D eigenvalue weighted by molar-refractivity contribution is 6.09. The number of carbonyl (C=O) groups excluding carboxylic acids is 2. The predicted molar refractivity (Wildman–Crippen MR) is 108 cm³/mol. The second-order valence-electron chi connectivity index (χ2n) is 6.74. The lowest BCUT2D eigenvalue weighted by Gasteiger charge is -2.17. The van der Waals surface area contributed by atoms with Gasteiger partial charge in [-0.15, -0.1) is 0 Å². The fraction of sp³-hybridized carbons (Fsp3) is 0.130. The second kappa shape index (κ2) is 8.65. The SMILES string of the molecule is Cc1cccc(C(=O)Nc2ccccc2C(=O)NC(C)c2ccc(F)c(F)c2)c1. The number of halogens is 2. The summed E-state index contributed by atoms with van der Waals surface area (Å²) in [4.78, 5) is 25.3.